The first-order chi connectivity index (χ1) is 9.67. The quantitative estimate of drug-likeness (QED) is 0.917. The minimum absolute atomic E-state index is 0.0368. The van der Waals surface area contributed by atoms with Gasteiger partial charge in [0.15, 0.2) is 4.96 Å². The third-order valence-electron chi connectivity index (χ3n) is 3.88. The second-order valence-electron chi connectivity index (χ2n) is 5.53. The van der Waals surface area contributed by atoms with Gasteiger partial charge in [0, 0.05) is 30.2 Å². The largest absolute Gasteiger partial charge is 0.319 e. The lowest BCUT2D eigenvalue weighted by atomic mass is 10.1. The fourth-order valence-electron chi connectivity index (χ4n) is 2.92. The topological polar surface area (TPSA) is 49.6 Å². The van der Waals surface area contributed by atoms with Gasteiger partial charge < -0.3 is 5.32 Å². The maximum absolute atomic E-state index is 12.1. The minimum Gasteiger partial charge on any atom is -0.319 e. The van der Waals surface area contributed by atoms with Crippen molar-refractivity contribution in [3.63, 3.8) is 0 Å². The Bertz CT molecular complexity index is 663. The summed E-state index contributed by atoms with van der Waals surface area (Å²) in [7, 11) is 2.00. The predicted molar refractivity (Wildman–Crippen MR) is 81.4 cm³/mol. The van der Waals surface area contributed by atoms with Crippen LogP contribution in [0.5, 0.6) is 0 Å². The van der Waals surface area contributed by atoms with Gasteiger partial charge in [0.1, 0.15) is 0 Å². The summed E-state index contributed by atoms with van der Waals surface area (Å²) < 4.78 is 1.68. The molecule has 0 amide bonds. The standard InChI is InChI=1S/C14H20N4OS/c1-10-9-20-14-16-12(5-13(19)18(10)14)8-17-4-3-11(7-17)6-15-2/h5,9,11,15H,3-4,6-8H2,1-2H3. The average molecular weight is 292 g/mol. The first-order valence-corrected chi connectivity index (χ1v) is 7.89. The van der Waals surface area contributed by atoms with E-state index in [-0.39, 0.29) is 5.56 Å². The molecule has 0 aromatic carbocycles. The lowest BCUT2D eigenvalue weighted by Crippen LogP contribution is -2.25. The summed E-state index contributed by atoms with van der Waals surface area (Å²) in [5.41, 5.74) is 1.89. The van der Waals surface area contributed by atoms with Crippen molar-refractivity contribution in [1.82, 2.24) is 19.6 Å². The smallest absolute Gasteiger partial charge is 0.259 e. The summed E-state index contributed by atoms with van der Waals surface area (Å²) in [6.45, 7) is 5.97. The maximum Gasteiger partial charge on any atom is 0.259 e. The number of fused-ring (bicyclic) bond motifs is 1. The summed E-state index contributed by atoms with van der Waals surface area (Å²) >= 11 is 1.53. The van der Waals surface area contributed by atoms with Gasteiger partial charge in [0.05, 0.1) is 5.69 Å². The van der Waals surface area contributed by atoms with Gasteiger partial charge >= 0.3 is 0 Å². The van der Waals surface area contributed by atoms with Crippen molar-refractivity contribution in [1.29, 1.82) is 0 Å². The van der Waals surface area contributed by atoms with Gasteiger partial charge in [0.2, 0.25) is 0 Å². The molecule has 0 aliphatic carbocycles. The van der Waals surface area contributed by atoms with E-state index in [2.05, 4.69) is 15.2 Å². The van der Waals surface area contributed by atoms with E-state index in [0.29, 0.717) is 5.92 Å². The zero-order valence-corrected chi connectivity index (χ0v) is 12.7. The minimum atomic E-state index is 0.0368. The predicted octanol–water partition coefficient (Wildman–Crippen LogP) is 1.11. The van der Waals surface area contributed by atoms with Crippen LogP contribution in [0.1, 0.15) is 17.8 Å². The number of thiazole rings is 1. The molecule has 0 spiro atoms. The fraction of sp³-hybridized carbons (Fsp3) is 0.571. The van der Waals surface area contributed by atoms with Gasteiger partial charge in [-0.1, -0.05) is 0 Å². The van der Waals surface area contributed by atoms with Crippen molar-refractivity contribution < 1.29 is 0 Å². The van der Waals surface area contributed by atoms with E-state index in [1.165, 1.54) is 17.8 Å². The van der Waals surface area contributed by atoms with Crippen LogP contribution in [0.4, 0.5) is 0 Å². The zero-order valence-electron chi connectivity index (χ0n) is 11.9. The van der Waals surface area contributed by atoms with E-state index in [0.717, 1.165) is 42.5 Å². The molecule has 1 N–H and O–H groups in total. The summed E-state index contributed by atoms with van der Waals surface area (Å²) in [4.78, 5) is 19.9. The fourth-order valence-corrected chi connectivity index (χ4v) is 3.81. The molecule has 108 valence electrons. The van der Waals surface area contributed by atoms with Gasteiger partial charge in [-0.3, -0.25) is 14.1 Å². The Morgan fingerprint density at radius 1 is 1.55 bits per heavy atom. The van der Waals surface area contributed by atoms with E-state index in [4.69, 9.17) is 0 Å². The van der Waals surface area contributed by atoms with Crippen LogP contribution in [-0.2, 0) is 6.54 Å². The van der Waals surface area contributed by atoms with Gasteiger partial charge in [-0.05, 0) is 39.4 Å². The van der Waals surface area contributed by atoms with Crippen LogP contribution in [0.25, 0.3) is 4.96 Å². The Hall–Kier alpha value is -1.24. The molecule has 2 aromatic heterocycles. The molecule has 3 rings (SSSR count). The highest BCUT2D eigenvalue weighted by molar-refractivity contribution is 7.15. The number of hydrogen-bond acceptors (Lipinski definition) is 5. The van der Waals surface area contributed by atoms with E-state index < -0.39 is 0 Å². The highest BCUT2D eigenvalue weighted by Gasteiger charge is 2.22. The molecule has 6 heteroatoms. The van der Waals surface area contributed by atoms with E-state index in [1.807, 2.05) is 19.4 Å². The molecule has 2 aromatic rings. The highest BCUT2D eigenvalue weighted by Crippen LogP contribution is 2.18. The van der Waals surface area contributed by atoms with Crippen LogP contribution in [0.2, 0.25) is 0 Å². The number of likely N-dealkylation sites (tertiary alicyclic amines) is 1. The Balaban J connectivity index is 1.77. The number of hydrogen-bond donors (Lipinski definition) is 1. The molecule has 0 saturated carbocycles. The van der Waals surface area contributed by atoms with Crippen molar-refractivity contribution in [3.8, 4) is 0 Å². The number of rotatable bonds is 4. The molecule has 0 bridgehead atoms. The molecule has 1 fully saturated rings. The van der Waals surface area contributed by atoms with Crippen molar-refractivity contribution in [3.05, 3.63) is 33.2 Å². The molecular formula is C14H20N4OS. The molecular weight excluding hydrogens is 272 g/mol. The Morgan fingerprint density at radius 2 is 2.40 bits per heavy atom. The first-order valence-electron chi connectivity index (χ1n) is 7.01. The van der Waals surface area contributed by atoms with Gasteiger partial charge in [-0.2, -0.15) is 0 Å². The lowest BCUT2D eigenvalue weighted by molar-refractivity contribution is 0.312. The van der Waals surface area contributed by atoms with Crippen molar-refractivity contribution in [2.45, 2.75) is 19.9 Å². The molecule has 3 heterocycles. The van der Waals surface area contributed by atoms with Crippen LogP contribution in [0, 0.1) is 12.8 Å². The molecule has 1 saturated heterocycles. The zero-order chi connectivity index (χ0) is 14.1. The SMILES string of the molecule is CNCC1CCN(Cc2cc(=O)n3c(C)csc3n2)C1. The molecule has 1 atom stereocenters. The van der Waals surface area contributed by atoms with E-state index in [1.54, 1.807) is 10.5 Å². The normalized spacial score (nSPS) is 20.0. The molecule has 20 heavy (non-hydrogen) atoms. The summed E-state index contributed by atoms with van der Waals surface area (Å²) in [6.07, 6.45) is 1.22. The van der Waals surface area contributed by atoms with Crippen molar-refractivity contribution in [2.24, 2.45) is 5.92 Å². The highest BCUT2D eigenvalue weighted by atomic mass is 32.1. The van der Waals surface area contributed by atoms with Crippen LogP contribution < -0.4 is 10.9 Å². The van der Waals surface area contributed by atoms with E-state index >= 15 is 0 Å². The monoisotopic (exact) mass is 292 g/mol. The second kappa shape index (κ2) is 5.63. The number of aromatic nitrogens is 2. The van der Waals surface area contributed by atoms with Crippen molar-refractivity contribution >= 4 is 16.3 Å². The van der Waals surface area contributed by atoms with Crippen LogP contribution in [0.15, 0.2) is 16.2 Å². The van der Waals surface area contributed by atoms with E-state index in [9.17, 15) is 4.79 Å². The number of aryl methyl sites for hydroxylation is 1. The van der Waals surface area contributed by atoms with Gasteiger partial charge in [-0.15, -0.1) is 11.3 Å². The lowest BCUT2D eigenvalue weighted by Gasteiger charge is -2.15. The Kier molecular flexibility index (Phi) is 3.87. The third-order valence-corrected chi connectivity index (χ3v) is 4.82. The van der Waals surface area contributed by atoms with Crippen LogP contribution in [0.3, 0.4) is 0 Å². The maximum atomic E-state index is 12.1. The van der Waals surface area contributed by atoms with Crippen LogP contribution in [-0.4, -0.2) is 41.0 Å². The summed E-state index contributed by atoms with van der Waals surface area (Å²) in [6, 6.07) is 1.68. The third kappa shape index (κ3) is 2.63. The van der Waals surface area contributed by atoms with Crippen molar-refractivity contribution in [2.75, 3.05) is 26.7 Å². The molecule has 1 unspecified atom stereocenters. The summed E-state index contributed by atoms with van der Waals surface area (Å²) in [5.74, 6) is 0.716. The molecule has 1 aliphatic heterocycles. The molecule has 0 radical (unpaired) electrons. The van der Waals surface area contributed by atoms with Crippen LogP contribution >= 0.6 is 11.3 Å². The molecule has 1 aliphatic rings. The second-order valence-corrected chi connectivity index (χ2v) is 6.36. The summed E-state index contributed by atoms with van der Waals surface area (Å²) in [5, 5.41) is 5.21. The Labute approximate surface area is 122 Å². The van der Waals surface area contributed by atoms with Gasteiger partial charge in [-0.25, -0.2) is 4.98 Å². The first kappa shape index (κ1) is 13.7. The Morgan fingerprint density at radius 3 is 3.20 bits per heavy atom. The molecule has 5 nitrogen and oxygen atoms in total. The average Bonchev–Trinajstić information content (AvgIpc) is 2.98. The number of nitrogens with one attached hydrogen (secondary N) is 1. The number of nitrogens with zero attached hydrogens (tertiary/aromatic N) is 3. The van der Waals surface area contributed by atoms with Gasteiger partial charge in [0.25, 0.3) is 5.56 Å².